The molecule has 0 aliphatic carbocycles. The van der Waals surface area contributed by atoms with Gasteiger partial charge in [0.1, 0.15) is 5.69 Å². The SMILES string of the molecule is O=[N+]([O-])c1ccc(NCCC2CCCCO2)c([N+](=O)[O-])c1. The normalized spacial score (nSPS) is 18.2. The number of nitro groups is 2. The maximum atomic E-state index is 11.0. The number of rotatable bonds is 6. The standard InChI is InChI=1S/C13H17N3O5/c17-15(18)10-4-5-12(13(9-10)16(19)20)14-7-6-11-3-1-2-8-21-11/h4-5,9,11,14H,1-3,6-8H2. The van der Waals surface area contributed by atoms with Crippen molar-refractivity contribution in [1.82, 2.24) is 0 Å². The number of hydrogen-bond acceptors (Lipinski definition) is 6. The zero-order chi connectivity index (χ0) is 15.2. The summed E-state index contributed by atoms with van der Waals surface area (Å²) >= 11 is 0. The van der Waals surface area contributed by atoms with E-state index in [0.29, 0.717) is 12.2 Å². The summed E-state index contributed by atoms with van der Waals surface area (Å²) in [4.78, 5) is 20.4. The maximum absolute atomic E-state index is 11.0. The van der Waals surface area contributed by atoms with Crippen molar-refractivity contribution in [3.05, 3.63) is 38.4 Å². The molecular weight excluding hydrogens is 278 g/mol. The van der Waals surface area contributed by atoms with Crippen molar-refractivity contribution in [2.24, 2.45) is 0 Å². The van der Waals surface area contributed by atoms with Gasteiger partial charge in [-0.1, -0.05) is 0 Å². The lowest BCUT2D eigenvalue weighted by Gasteiger charge is -2.22. The molecule has 1 aliphatic rings. The first-order valence-electron chi connectivity index (χ1n) is 6.86. The summed E-state index contributed by atoms with van der Waals surface area (Å²) in [5.41, 5.74) is -0.280. The fourth-order valence-corrected chi connectivity index (χ4v) is 2.34. The summed E-state index contributed by atoms with van der Waals surface area (Å²) in [6.07, 6.45) is 4.17. The van der Waals surface area contributed by atoms with Gasteiger partial charge in [0, 0.05) is 19.2 Å². The van der Waals surface area contributed by atoms with Crippen LogP contribution in [-0.2, 0) is 4.74 Å². The van der Waals surface area contributed by atoms with E-state index in [-0.39, 0.29) is 17.5 Å². The van der Waals surface area contributed by atoms with Crippen LogP contribution < -0.4 is 5.32 Å². The summed E-state index contributed by atoms with van der Waals surface area (Å²) in [6, 6.07) is 3.60. The Morgan fingerprint density at radius 3 is 2.67 bits per heavy atom. The van der Waals surface area contributed by atoms with Gasteiger partial charge in [0.25, 0.3) is 11.4 Å². The van der Waals surface area contributed by atoms with E-state index < -0.39 is 9.85 Å². The van der Waals surface area contributed by atoms with Crippen molar-refractivity contribution < 1.29 is 14.6 Å². The quantitative estimate of drug-likeness (QED) is 0.638. The lowest BCUT2D eigenvalue weighted by molar-refractivity contribution is -0.393. The highest BCUT2D eigenvalue weighted by atomic mass is 16.6. The van der Waals surface area contributed by atoms with E-state index in [2.05, 4.69) is 5.32 Å². The highest BCUT2D eigenvalue weighted by Gasteiger charge is 2.20. The van der Waals surface area contributed by atoms with Gasteiger partial charge in [-0.15, -0.1) is 0 Å². The van der Waals surface area contributed by atoms with E-state index in [1.807, 2.05) is 0 Å². The molecule has 0 spiro atoms. The molecule has 21 heavy (non-hydrogen) atoms. The average molecular weight is 295 g/mol. The minimum Gasteiger partial charge on any atom is -0.379 e. The van der Waals surface area contributed by atoms with Gasteiger partial charge in [0.2, 0.25) is 0 Å². The fourth-order valence-electron chi connectivity index (χ4n) is 2.34. The maximum Gasteiger partial charge on any atom is 0.299 e. The second-order valence-electron chi connectivity index (χ2n) is 4.92. The van der Waals surface area contributed by atoms with E-state index in [4.69, 9.17) is 4.74 Å². The molecule has 2 rings (SSSR count). The molecule has 1 atom stereocenters. The number of anilines is 1. The third kappa shape index (κ3) is 4.12. The first kappa shape index (κ1) is 15.2. The molecule has 0 saturated carbocycles. The highest BCUT2D eigenvalue weighted by Crippen LogP contribution is 2.29. The van der Waals surface area contributed by atoms with Crippen molar-refractivity contribution in [3.63, 3.8) is 0 Å². The third-order valence-electron chi connectivity index (χ3n) is 3.44. The van der Waals surface area contributed by atoms with Gasteiger partial charge >= 0.3 is 0 Å². The van der Waals surface area contributed by atoms with Crippen LogP contribution in [0, 0.1) is 20.2 Å². The van der Waals surface area contributed by atoms with Crippen LogP contribution in [0.5, 0.6) is 0 Å². The zero-order valence-electron chi connectivity index (χ0n) is 11.5. The summed E-state index contributed by atoms with van der Waals surface area (Å²) in [7, 11) is 0. The minimum absolute atomic E-state index is 0.184. The monoisotopic (exact) mass is 295 g/mol. The molecular formula is C13H17N3O5. The fraction of sp³-hybridized carbons (Fsp3) is 0.538. The molecule has 0 bridgehead atoms. The number of non-ortho nitro benzene ring substituents is 1. The Kier molecular flexibility index (Phi) is 5.04. The Morgan fingerprint density at radius 2 is 2.05 bits per heavy atom. The Morgan fingerprint density at radius 1 is 1.24 bits per heavy atom. The van der Waals surface area contributed by atoms with Crippen molar-refractivity contribution >= 4 is 17.1 Å². The molecule has 1 unspecified atom stereocenters. The number of nitro benzene ring substituents is 2. The first-order valence-corrected chi connectivity index (χ1v) is 6.86. The lowest BCUT2D eigenvalue weighted by Crippen LogP contribution is -2.22. The molecule has 1 saturated heterocycles. The van der Waals surface area contributed by atoms with E-state index in [9.17, 15) is 20.2 Å². The van der Waals surface area contributed by atoms with Gasteiger partial charge in [-0.3, -0.25) is 20.2 Å². The van der Waals surface area contributed by atoms with Crippen LogP contribution >= 0.6 is 0 Å². The van der Waals surface area contributed by atoms with Crippen LogP contribution in [-0.4, -0.2) is 29.1 Å². The van der Waals surface area contributed by atoms with Crippen molar-refractivity contribution in [2.75, 3.05) is 18.5 Å². The number of nitrogens with zero attached hydrogens (tertiary/aromatic N) is 2. The van der Waals surface area contributed by atoms with Crippen LogP contribution in [0.15, 0.2) is 18.2 Å². The van der Waals surface area contributed by atoms with E-state index in [1.165, 1.54) is 12.1 Å². The first-order chi connectivity index (χ1) is 10.1. The van der Waals surface area contributed by atoms with E-state index in [0.717, 1.165) is 38.4 Å². The van der Waals surface area contributed by atoms with Gasteiger partial charge in [-0.2, -0.15) is 0 Å². The summed E-state index contributed by atoms with van der Waals surface area (Å²) in [5.74, 6) is 0. The Labute approximate surface area is 121 Å². The molecule has 0 radical (unpaired) electrons. The van der Waals surface area contributed by atoms with Crippen molar-refractivity contribution in [1.29, 1.82) is 0 Å². The Bertz CT molecular complexity index is 529. The second-order valence-corrected chi connectivity index (χ2v) is 4.92. The largest absolute Gasteiger partial charge is 0.379 e. The third-order valence-corrected chi connectivity index (χ3v) is 3.44. The summed E-state index contributed by atoms with van der Waals surface area (Å²) < 4.78 is 5.58. The van der Waals surface area contributed by atoms with Crippen LogP contribution in [0.4, 0.5) is 17.1 Å². The zero-order valence-corrected chi connectivity index (χ0v) is 11.5. The molecule has 0 amide bonds. The van der Waals surface area contributed by atoms with Gasteiger partial charge in [0.15, 0.2) is 0 Å². The molecule has 1 aliphatic heterocycles. The molecule has 1 N–H and O–H groups in total. The average Bonchev–Trinajstić information content (AvgIpc) is 2.48. The molecule has 0 aromatic heterocycles. The van der Waals surface area contributed by atoms with Gasteiger partial charge in [-0.05, 0) is 31.7 Å². The smallest absolute Gasteiger partial charge is 0.299 e. The van der Waals surface area contributed by atoms with Crippen molar-refractivity contribution in [3.8, 4) is 0 Å². The summed E-state index contributed by atoms with van der Waals surface area (Å²) in [5, 5.41) is 24.6. The Hall–Kier alpha value is -2.22. The predicted molar refractivity (Wildman–Crippen MR) is 76.4 cm³/mol. The molecule has 114 valence electrons. The molecule has 8 heteroatoms. The second kappa shape index (κ2) is 6.98. The molecule has 8 nitrogen and oxygen atoms in total. The van der Waals surface area contributed by atoms with Crippen molar-refractivity contribution in [2.45, 2.75) is 31.8 Å². The molecule has 1 heterocycles. The van der Waals surface area contributed by atoms with E-state index >= 15 is 0 Å². The van der Waals surface area contributed by atoms with Crippen LogP contribution in [0.25, 0.3) is 0 Å². The molecule has 1 fully saturated rings. The van der Waals surface area contributed by atoms with Gasteiger partial charge < -0.3 is 10.1 Å². The van der Waals surface area contributed by atoms with Gasteiger partial charge in [-0.25, -0.2) is 0 Å². The predicted octanol–water partition coefficient (Wildman–Crippen LogP) is 2.87. The Balaban J connectivity index is 1.98. The lowest BCUT2D eigenvalue weighted by atomic mass is 10.1. The molecule has 1 aromatic rings. The van der Waals surface area contributed by atoms with Crippen LogP contribution in [0.1, 0.15) is 25.7 Å². The number of benzene rings is 1. The highest BCUT2D eigenvalue weighted by molar-refractivity contribution is 5.65. The van der Waals surface area contributed by atoms with Crippen LogP contribution in [0.3, 0.4) is 0 Å². The number of hydrogen-bond donors (Lipinski definition) is 1. The van der Waals surface area contributed by atoms with Gasteiger partial charge in [0.05, 0.1) is 22.0 Å². The number of ether oxygens (including phenoxy) is 1. The number of nitrogens with one attached hydrogen (secondary N) is 1. The van der Waals surface area contributed by atoms with E-state index in [1.54, 1.807) is 0 Å². The van der Waals surface area contributed by atoms with Crippen LogP contribution in [0.2, 0.25) is 0 Å². The minimum atomic E-state index is -0.646. The summed E-state index contributed by atoms with van der Waals surface area (Å²) in [6.45, 7) is 1.30. The molecule has 1 aromatic carbocycles. The topological polar surface area (TPSA) is 108 Å².